The lowest BCUT2D eigenvalue weighted by molar-refractivity contribution is -0.143. The van der Waals surface area contributed by atoms with Gasteiger partial charge in [0.1, 0.15) is 0 Å². The maximum atomic E-state index is 13.5. The van der Waals surface area contributed by atoms with E-state index in [1.54, 1.807) is 0 Å². The highest BCUT2D eigenvalue weighted by Crippen LogP contribution is 2.47. The van der Waals surface area contributed by atoms with Crippen LogP contribution in [0, 0.1) is 0 Å². The van der Waals surface area contributed by atoms with Crippen LogP contribution < -0.4 is 5.32 Å². The molecule has 22 heavy (non-hydrogen) atoms. The highest BCUT2D eigenvalue weighted by molar-refractivity contribution is 9.10. The van der Waals surface area contributed by atoms with Gasteiger partial charge in [0.25, 0.3) is 0 Å². The van der Waals surface area contributed by atoms with E-state index in [0.717, 1.165) is 36.8 Å². The molecule has 3 aliphatic rings. The molecule has 118 valence electrons. The summed E-state index contributed by atoms with van der Waals surface area (Å²) < 4.78 is 1.08. The first-order chi connectivity index (χ1) is 10.7. The lowest BCUT2D eigenvalue weighted by Crippen LogP contribution is -2.55. The third kappa shape index (κ3) is 2.23. The van der Waals surface area contributed by atoms with Crippen LogP contribution in [0.5, 0.6) is 0 Å². The molecule has 2 heterocycles. The molecule has 1 aromatic rings. The molecule has 3 fully saturated rings. The average molecular weight is 363 g/mol. The summed E-state index contributed by atoms with van der Waals surface area (Å²) >= 11 is 3.50. The van der Waals surface area contributed by atoms with Gasteiger partial charge in [0, 0.05) is 23.1 Å². The molecule has 2 unspecified atom stereocenters. The normalized spacial score (nSPS) is 29.8. The summed E-state index contributed by atoms with van der Waals surface area (Å²) in [4.78, 5) is 15.8. The number of carbonyl (C=O) groups excluding carboxylic acids is 1. The molecule has 2 atom stereocenters. The second kappa shape index (κ2) is 5.64. The number of hydrogen-bond acceptors (Lipinski definition) is 2. The minimum absolute atomic E-state index is 0.244. The Labute approximate surface area is 140 Å². The van der Waals surface area contributed by atoms with Crippen LogP contribution in [0.15, 0.2) is 28.7 Å². The number of nitrogens with one attached hydrogen (secondary N) is 1. The molecule has 1 aliphatic carbocycles. The van der Waals surface area contributed by atoms with Gasteiger partial charge in [0.15, 0.2) is 0 Å². The zero-order valence-corrected chi connectivity index (χ0v) is 14.4. The van der Waals surface area contributed by atoms with Crippen LogP contribution in [0.25, 0.3) is 0 Å². The van der Waals surface area contributed by atoms with Crippen molar-refractivity contribution in [1.29, 1.82) is 0 Å². The third-order valence-electron chi connectivity index (χ3n) is 5.90. The lowest BCUT2D eigenvalue weighted by Gasteiger charge is -2.45. The van der Waals surface area contributed by atoms with Gasteiger partial charge in [-0.3, -0.25) is 4.79 Å². The number of nitrogens with zero attached hydrogens (tertiary/aromatic N) is 1. The fraction of sp³-hybridized carbons (Fsp3) is 0.611. The van der Waals surface area contributed by atoms with Gasteiger partial charge in [-0.2, -0.15) is 0 Å². The number of fused-ring (bicyclic) bond motifs is 2. The second-order valence-corrected chi connectivity index (χ2v) is 7.95. The van der Waals surface area contributed by atoms with Crippen molar-refractivity contribution in [2.24, 2.45) is 0 Å². The Balaban J connectivity index is 1.66. The smallest absolute Gasteiger partial charge is 0.233 e. The summed E-state index contributed by atoms with van der Waals surface area (Å²) in [5.74, 6) is 0.400. The molecule has 1 saturated carbocycles. The zero-order valence-electron chi connectivity index (χ0n) is 12.9. The Bertz CT molecular complexity index is 553. The van der Waals surface area contributed by atoms with Crippen molar-refractivity contribution in [2.75, 3.05) is 13.1 Å². The standard InChI is InChI=1S/C18H23BrN2O/c19-14-4-2-13(3-5-14)18(9-1-10-18)17(22)21-15-6-7-16(21)12-20-11-8-15/h2-5,15-16,20H,1,6-12H2. The molecule has 2 bridgehead atoms. The topological polar surface area (TPSA) is 32.3 Å². The quantitative estimate of drug-likeness (QED) is 0.875. The van der Waals surface area contributed by atoms with E-state index >= 15 is 0 Å². The number of rotatable bonds is 2. The molecule has 0 spiro atoms. The second-order valence-electron chi connectivity index (χ2n) is 7.03. The lowest BCUT2D eigenvalue weighted by atomic mass is 9.63. The first-order valence-electron chi connectivity index (χ1n) is 8.50. The van der Waals surface area contributed by atoms with Crippen LogP contribution in [0.4, 0.5) is 0 Å². The Morgan fingerprint density at radius 3 is 2.55 bits per heavy atom. The molecule has 0 radical (unpaired) electrons. The number of amides is 1. The van der Waals surface area contributed by atoms with Gasteiger partial charge in [0.05, 0.1) is 5.41 Å². The van der Waals surface area contributed by atoms with Crippen molar-refractivity contribution in [3.63, 3.8) is 0 Å². The minimum atomic E-state index is -0.244. The van der Waals surface area contributed by atoms with E-state index in [4.69, 9.17) is 0 Å². The van der Waals surface area contributed by atoms with Gasteiger partial charge in [-0.15, -0.1) is 0 Å². The predicted octanol–water partition coefficient (Wildman–Crippen LogP) is 3.22. The van der Waals surface area contributed by atoms with Gasteiger partial charge < -0.3 is 10.2 Å². The van der Waals surface area contributed by atoms with Crippen LogP contribution in [0.1, 0.15) is 44.1 Å². The number of halogens is 1. The number of hydrogen-bond donors (Lipinski definition) is 1. The minimum Gasteiger partial charge on any atom is -0.335 e. The van der Waals surface area contributed by atoms with Crippen molar-refractivity contribution in [3.05, 3.63) is 34.3 Å². The highest BCUT2D eigenvalue weighted by atomic mass is 79.9. The summed E-state index contributed by atoms with van der Waals surface area (Å²) in [6.07, 6.45) is 6.66. The molecule has 3 nitrogen and oxygen atoms in total. The maximum absolute atomic E-state index is 13.5. The van der Waals surface area contributed by atoms with Crippen molar-refractivity contribution < 1.29 is 4.79 Å². The average Bonchev–Trinajstić information content (AvgIpc) is 2.73. The molecule has 0 aromatic heterocycles. The van der Waals surface area contributed by atoms with Gasteiger partial charge >= 0.3 is 0 Å². The number of benzene rings is 1. The molecule has 4 heteroatoms. The van der Waals surface area contributed by atoms with Crippen LogP contribution in [0.3, 0.4) is 0 Å². The SMILES string of the molecule is O=C(N1C2CCNCC1CC2)C1(c2ccc(Br)cc2)CCC1. The van der Waals surface area contributed by atoms with Crippen molar-refractivity contribution in [3.8, 4) is 0 Å². The van der Waals surface area contributed by atoms with Crippen molar-refractivity contribution >= 4 is 21.8 Å². The molecular formula is C18H23BrN2O. The molecule has 4 rings (SSSR count). The van der Waals surface area contributed by atoms with Gasteiger partial charge in [-0.05, 0) is 56.3 Å². The molecular weight excluding hydrogens is 340 g/mol. The van der Waals surface area contributed by atoms with E-state index in [9.17, 15) is 4.79 Å². The maximum Gasteiger partial charge on any atom is 0.233 e. The summed E-state index contributed by atoms with van der Waals surface area (Å²) in [5, 5.41) is 3.50. The predicted molar refractivity (Wildman–Crippen MR) is 90.8 cm³/mol. The van der Waals surface area contributed by atoms with Gasteiger partial charge in [-0.1, -0.05) is 34.5 Å². The van der Waals surface area contributed by atoms with Crippen molar-refractivity contribution in [2.45, 2.75) is 56.0 Å². The summed E-state index contributed by atoms with van der Waals surface area (Å²) in [7, 11) is 0. The van der Waals surface area contributed by atoms with Crippen LogP contribution in [-0.4, -0.2) is 36.0 Å². The van der Waals surface area contributed by atoms with Crippen LogP contribution in [0.2, 0.25) is 0 Å². The van der Waals surface area contributed by atoms with E-state index in [0.29, 0.717) is 18.0 Å². The van der Waals surface area contributed by atoms with Gasteiger partial charge in [-0.25, -0.2) is 0 Å². The fourth-order valence-corrected chi connectivity index (χ4v) is 4.75. The van der Waals surface area contributed by atoms with E-state index in [1.165, 1.54) is 24.8 Å². The zero-order chi connectivity index (χ0) is 15.2. The Morgan fingerprint density at radius 2 is 1.86 bits per heavy atom. The Hall–Kier alpha value is -0.870. The van der Waals surface area contributed by atoms with Gasteiger partial charge in [0.2, 0.25) is 5.91 Å². The molecule has 1 amide bonds. The third-order valence-corrected chi connectivity index (χ3v) is 6.43. The Kier molecular flexibility index (Phi) is 3.77. The first kappa shape index (κ1) is 14.7. The van der Waals surface area contributed by atoms with E-state index < -0.39 is 0 Å². The Morgan fingerprint density at radius 1 is 1.14 bits per heavy atom. The summed E-state index contributed by atoms with van der Waals surface area (Å²) in [5.41, 5.74) is 0.967. The molecule has 1 N–H and O–H groups in total. The van der Waals surface area contributed by atoms with Crippen molar-refractivity contribution in [1.82, 2.24) is 10.2 Å². The number of carbonyl (C=O) groups is 1. The van der Waals surface area contributed by atoms with Crippen LogP contribution >= 0.6 is 15.9 Å². The summed E-state index contributed by atoms with van der Waals surface area (Å²) in [6.45, 7) is 2.02. The first-order valence-corrected chi connectivity index (χ1v) is 9.29. The van der Waals surface area contributed by atoms with E-state index in [-0.39, 0.29) is 5.41 Å². The fourth-order valence-electron chi connectivity index (χ4n) is 4.49. The molecule has 1 aromatic carbocycles. The summed E-state index contributed by atoms with van der Waals surface area (Å²) in [6, 6.07) is 9.29. The molecule has 2 aliphatic heterocycles. The van der Waals surface area contributed by atoms with Crippen LogP contribution in [-0.2, 0) is 10.2 Å². The molecule has 2 saturated heterocycles. The monoisotopic (exact) mass is 362 g/mol. The highest BCUT2D eigenvalue weighted by Gasteiger charge is 2.51. The largest absolute Gasteiger partial charge is 0.335 e. The van der Waals surface area contributed by atoms with E-state index in [2.05, 4.69) is 50.4 Å². The van der Waals surface area contributed by atoms with E-state index in [1.807, 2.05) is 0 Å².